The molecule has 0 radical (unpaired) electrons. The van der Waals surface area contributed by atoms with E-state index in [2.05, 4.69) is 26.0 Å². The molecule has 0 bridgehead atoms. The molecule has 0 aliphatic heterocycles. The van der Waals surface area contributed by atoms with E-state index in [-0.39, 0.29) is 18.5 Å². The molecule has 4 nitrogen and oxygen atoms in total. The van der Waals surface area contributed by atoms with Crippen molar-refractivity contribution in [1.82, 2.24) is 0 Å². The molecule has 1 aromatic rings. The van der Waals surface area contributed by atoms with E-state index in [9.17, 15) is 9.59 Å². The number of rotatable bonds is 14. The Bertz CT molecular complexity index is 512. The van der Waals surface area contributed by atoms with Crippen molar-refractivity contribution < 1.29 is 19.4 Å². The number of carboxylic acids is 1. The SMILES string of the molecule is CCCCC(CC)C(CCc1ccccc1)OC(=O)CCCCC(=O)O. The van der Waals surface area contributed by atoms with E-state index in [0.717, 1.165) is 38.5 Å². The number of unbranched alkanes of at least 4 members (excludes halogenated alkanes) is 2. The van der Waals surface area contributed by atoms with Crippen LogP contribution >= 0.6 is 0 Å². The first kappa shape index (κ1) is 22.2. The minimum Gasteiger partial charge on any atom is -0.481 e. The second-order valence-corrected chi connectivity index (χ2v) is 6.96. The number of aliphatic carboxylic acids is 1. The molecule has 26 heavy (non-hydrogen) atoms. The summed E-state index contributed by atoms with van der Waals surface area (Å²) in [5, 5.41) is 8.67. The highest BCUT2D eigenvalue weighted by Gasteiger charge is 2.23. The Morgan fingerprint density at radius 3 is 2.31 bits per heavy atom. The molecule has 2 unspecified atom stereocenters. The number of esters is 1. The number of carbonyl (C=O) groups is 2. The molecule has 0 spiro atoms. The van der Waals surface area contributed by atoms with Crippen molar-refractivity contribution in [2.75, 3.05) is 0 Å². The third kappa shape index (κ3) is 9.59. The molecule has 0 aliphatic rings. The van der Waals surface area contributed by atoms with Crippen LogP contribution in [0.2, 0.25) is 0 Å². The fourth-order valence-corrected chi connectivity index (χ4v) is 3.24. The molecule has 1 aromatic carbocycles. The zero-order valence-electron chi connectivity index (χ0n) is 16.3. The van der Waals surface area contributed by atoms with Gasteiger partial charge in [-0.25, -0.2) is 0 Å². The summed E-state index contributed by atoms with van der Waals surface area (Å²) < 4.78 is 5.84. The van der Waals surface area contributed by atoms with Crippen LogP contribution in [0.25, 0.3) is 0 Å². The van der Waals surface area contributed by atoms with Crippen LogP contribution in [0.5, 0.6) is 0 Å². The van der Waals surface area contributed by atoms with Gasteiger partial charge >= 0.3 is 11.9 Å². The summed E-state index contributed by atoms with van der Waals surface area (Å²) in [6, 6.07) is 10.3. The predicted molar refractivity (Wildman–Crippen MR) is 104 cm³/mol. The number of aryl methyl sites for hydroxylation is 1. The number of carbonyl (C=O) groups excluding carboxylic acids is 1. The standard InChI is InChI=1S/C22H34O4/c1-3-5-13-19(4-2)20(17-16-18-11-7-6-8-12-18)26-22(25)15-10-9-14-21(23)24/h6-8,11-12,19-20H,3-5,9-10,13-17H2,1-2H3,(H,23,24). The summed E-state index contributed by atoms with van der Waals surface area (Å²) in [6.07, 6.45) is 7.57. The lowest BCUT2D eigenvalue weighted by Crippen LogP contribution is -2.27. The topological polar surface area (TPSA) is 63.6 Å². The maximum Gasteiger partial charge on any atom is 0.306 e. The first-order valence-corrected chi connectivity index (χ1v) is 10.0. The molecule has 0 heterocycles. The van der Waals surface area contributed by atoms with Gasteiger partial charge in [-0.2, -0.15) is 0 Å². The second kappa shape index (κ2) is 13.4. The van der Waals surface area contributed by atoms with Crippen molar-refractivity contribution in [2.24, 2.45) is 5.92 Å². The molecule has 0 aliphatic carbocycles. The molecule has 0 saturated carbocycles. The Morgan fingerprint density at radius 1 is 1.00 bits per heavy atom. The van der Waals surface area contributed by atoms with Gasteiger partial charge in [0, 0.05) is 12.8 Å². The van der Waals surface area contributed by atoms with E-state index in [0.29, 0.717) is 25.2 Å². The molecule has 0 amide bonds. The lowest BCUT2D eigenvalue weighted by Gasteiger charge is -2.26. The van der Waals surface area contributed by atoms with E-state index in [1.807, 2.05) is 18.2 Å². The van der Waals surface area contributed by atoms with Crippen LogP contribution in [0.15, 0.2) is 30.3 Å². The van der Waals surface area contributed by atoms with Gasteiger partial charge in [0.25, 0.3) is 0 Å². The van der Waals surface area contributed by atoms with Gasteiger partial charge in [0.2, 0.25) is 0 Å². The number of hydrogen-bond acceptors (Lipinski definition) is 3. The normalized spacial score (nSPS) is 13.2. The van der Waals surface area contributed by atoms with Crippen LogP contribution in [0.1, 0.15) is 77.2 Å². The van der Waals surface area contributed by atoms with Gasteiger partial charge in [0.1, 0.15) is 6.10 Å². The quantitative estimate of drug-likeness (QED) is 0.356. The number of benzene rings is 1. The van der Waals surface area contributed by atoms with Gasteiger partial charge < -0.3 is 9.84 Å². The van der Waals surface area contributed by atoms with Crippen molar-refractivity contribution >= 4 is 11.9 Å². The molecule has 4 heteroatoms. The molecule has 1 N–H and O–H groups in total. The predicted octanol–water partition coefficient (Wildman–Crippen LogP) is 5.39. The molecular weight excluding hydrogens is 328 g/mol. The molecule has 1 rings (SSSR count). The summed E-state index contributed by atoms with van der Waals surface area (Å²) in [6.45, 7) is 4.34. The maximum absolute atomic E-state index is 12.2. The van der Waals surface area contributed by atoms with Gasteiger partial charge in [-0.15, -0.1) is 0 Å². The number of ether oxygens (including phenoxy) is 1. The average molecular weight is 363 g/mol. The smallest absolute Gasteiger partial charge is 0.306 e. The minimum atomic E-state index is -0.815. The van der Waals surface area contributed by atoms with Gasteiger partial charge in [-0.05, 0) is 50.0 Å². The fourth-order valence-electron chi connectivity index (χ4n) is 3.24. The first-order valence-electron chi connectivity index (χ1n) is 10.0. The lowest BCUT2D eigenvalue weighted by atomic mass is 9.89. The van der Waals surface area contributed by atoms with E-state index in [4.69, 9.17) is 9.84 Å². The monoisotopic (exact) mass is 362 g/mol. The van der Waals surface area contributed by atoms with Crippen LogP contribution in [0, 0.1) is 5.92 Å². The Labute approximate surface area is 158 Å². The summed E-state index contributed by atoms with van der Waals surface area (Å²) >= 11 is 0. The van der Waals surface area contributed by atoms with Crippen LogP contribution in [-0.4, -0.2) is 23.1 Å². The zero-order chi connectivity index (χ0) is 19.2. The van der Waals surface area contributed by atoms with Gasteiger partial charge in [-0.1, -0.05) is 57.0 Å². The first-order chi connectivity index (χ1) is 12.6. The number of hydrogen-bond donors (Lipinski definition) is 1. The third-order valence-corrected chi connectivity index (χ3v) is 4.84. The van der Waals surface area contributed by atoms with Crippen molar-refractivity contribution in [1.29, 1.82) is 0 Å². The molecular formula is C22H34O4. The van der Waals surface area contributed by atoms with Gasteiger partial charge in [0.05, 0.1) is 0 Å². The van der Waals surface area contributed by atoms with Gasteiger partial charge in [-0.3, -0.25) is 9.59 Å². The fraction of sp³-hybridized carbons (Fsp3) is 0.636. The second-order valence-electron chi connectivity index (χ2n) is 6.96. The summed E-state index contributed by atoms with van der Waals surface area (Å²) in [5.74, 6) is -0.616. The zero-order valence-corrected chi connectivity index (χ0v) is 16.3. The van der Waals surface area contributed by atoms with Crippen molar-refractivity contribution in [2.45, 2.75) is 84.2 Å². The van der Waals surface area contributed by atoms with Crippen LogP contribution in [0.4, 0.5) is 0 Å². The molecule has 146 valence electrons. The Kier molecular flexibility index (Phi) is 11.4. The maximum atomic E-state index is 12.2. The van der Waals surface area contributed by atoms with E-state index >= 15 is 0 Å². The lowest BCUT2D eigenvalue weighted by molar-refractivity contribution is -0.153. The highest BCUT2D eigenvalue weighted by molar-refractivity contribution is 5.70. The van der Waals surface area contributed by atoms with Crippen LogP contribution in [0.3, 0.4) is 0 Å². The van der Waals surface area contributed by atoms with Crippen molar-refractivity contribution in [3.05, 3.63) is 35.9 Å². The van der Waals surface area contributed by atoms with Crippen LogP contribution in [-0.2, 0) is 20.7 Å². The third-order valence-electron chi connectivity index (χ3n) is 4.84. The summed E-state index contributed by atoms with van der Waals surface area (Å²) in [5.41, 5.74) is 1.26. The van der Waals surface area contributed by atoms with E-state index in [1.54, 1.807) is 0 Å². The Morgan fingerprint density at radius 2 is 1.69 bits per heavy atom. The minimum absolute atomic E-state index is 0.0567. The van der Waals surface area contributed by atoms with Crippen molar-refractivity contribution in [3.63, 3.8) is 0 Å². The van der Waals surface area contributed by atoms with Crippen molar-refractivity contribution in [3.8, 4) is 0 Å². The van der Waals surface area contributed by atoms with Crippen LogP contribution < -0.4 is 0 Å². The highest BCUT2D eigenvalue weighted by Crippen LogP contribution is 2.24. The largest absolute Gasteiger partial charge is 0.481 e. The highest BCUT2D eigenvalue weighted by atomic mass is 16.5. The molecule has 0 aromatic heterocycles. The Hall–Kier alpha value is -1.84. The summed E-state index contributed by atoms with van der Waals surface area (Å²) in [7, 11) is 0. The van der Waals surface area contributed by atoms with E-state index < -0.39 is 5.97 Å². The Balaban J connectivity index is 2.57. The van der Waals surface area contributed by atoms with E-state index in [1.165, 1.54) is 5.56 Å². The molecule has 0 fully saturated rings. The molecule has 0 saturated heterocycles. The van der Waals surface area contributed by atoms with Gasteiger partial charge in [0.15, 0.2) is 0 Å². The number of carboxylic acid groups (broad SMARTS) is 1. The average Bonchev–Trinajstić information content (AvgIpc) is 2.64. The summed E-state index contributed by atoms with van der Waals surface area (Å²) in [4.78, 5) is 22.8. The molecule has 2 atom stereocenters.